The second-order valence-corrected chi connectivity index (χ2v) is 4.65. The molecule has 0 aliphatic heterocycles. The van der Waals surface area contributed by atoms with Crippen molar-refractivity contribution in [3.8, 4) is 6.07 Å². The first-order chi connectivity index (χ1) is 8.38. The number of hydrogen-bond acceptors (Lipinski definition) is 3. The third-order valence-electron chi connectivity index (χ3n) is 2.58. The van der Waals surface area contributed by atoms with Gasteiger partial charge in [-0.25, -0.2) is 0 Å². The van der Waals surface area contributed by atoms with Crippen molar-refractivity contribution in [2.45, 2.75) is 13.0 Å². The molecule has 1 aromatic carbocycles. The summed E-state index contributed by atoms with van der Waals surface area (Å²) in [5.74, 6) is 0. The van der Waals surface area contributed by atoms with Gasteiger partial charge in [0, 0.05) is 6.54 Å². The van der Waals surface area contributed by atoms with Crippen LogP contribution < -0.4 is 5.32 Å². The second kappa shape index (κ2) is 6.19. The molecule has 0 saturated heterocycles. The Morgan fingerprint density at radius 3 is 2.59 bits per heavy atom. The van der Waals surface area contributed by atoms with Gasteiger partial charge < -0.3 is 5.32 Å². The van der Waals surface area contributed by atoms with E-state index >= 15 is 0 Å². The summed E-state index contributed by atoms with van der Waals surface area (Å²) in [7, 11) is 0. The summed E-state index contributed by atoms with van der Waals surface area (Å²) in [4.78, 5) is 0. The molecule has 1 heterocycles. The molecule has 0 spiro atoms. The van der Waals surface area contributed by atoms with Crippen molar-refractivity contribution in [2.24, 2.45) is 0 Å². The predicted molar refractivity (Wildman–Crippen MR) is 70.9 cm³/mol. The Balaban J connectivity index is 1.73. The van der Waals surface area contributed by atoms with E-state index in [2.05, 4.69) is 28.2 Å². The van der Waals surface area contributed by atoms with Crippen LogP contribution in [-0.4, -0.2) is 6.54 Å². The van der Waals surface area contributed by atoms with Crippen LogP contribution in [0.15, 0.2) is 41.1 Å². The fourth-order valence-corrected chi connectivity index (χ4v) is 2.30. The highest BCUT2D eigenvalue weighted by Gasteiger charge is 1.95. The summed E-state index contributed by atoms with van der Waals surface area (Å²) < 4.78 is 0. The zero-order chi connectivity index (χ0) is 11.9. The molecule has 3 heteroatoms. The van der Waals surface area contributed by atoms with E-state index in [0.29, 0.717) is 5.56 Å². The highest BCUT2D eigenvalue weighted by atomic mass is 32.1. The van der Waals surface area contributed by atoms with Crippen molar-refractivity contribution in [1.29, 1.82) is 5.26 Å². The van der Waals surface area contributed by atoms with Crippen molar-refractivity contribution in [3.05, 3.63) is 57.8 Å². The lowest BCUT2D eigenvalue weighted by atomic mass is 10.1. The fourth-order valence-electron chi connectivity index (χ4n) is 1.60. The second-order valence-electron chi connectivity index (χ2n) is 3.87. The minimum atomic E-state index is 0.715. The average molecular weight is 242 g/mol. The van der Waals surface area contributed by atoms with Gasteiger partial charge in [0.25, 0.3) is 0 Å². The largest absolute Gasteiger partial charge is 0.312 e. The molecule has 1 N–H and O–H groups in total. The zero-order valence-electron chi connectivity index (χ0n) is 9.52. The first-order valence-electron chi connectivity index (χ1n) is 5.59. The number of nitriles is 1. The molecule has 2 nitrogen and oxygen atoms in total. The molecular formula is C14H14N2S. The Morgan fingerprint density at radius 1 is 1.12 bits per heavy atom. The Hall–Kier alpha value is -1.63. The molecular weight excluding hydrogens is 228 g/mol. The van der Waals surface area contributed by atoms with Gasteiger partial charge in [-0.15, -0.1) is 0 Å². The van der Waals surface area contributed by atoms with Crippen LogP contribution in [0.5, 0.6) is 0 Å². The summed E-state index contributed by atoms with van der Waals surface area (Å²) >= 11 is 1.74. The van der Waals surface area contributed by atoms with Gasteiger partial charge in [-0.2, -0.15) is 16.6 Å². The van der Waals surface area contributed by atoms with Crippen LogP contribution in [0.1, 0.15) is 16.7 Å². The van der Waals surface area contributed by atoms with Crippen molar-refractivity contribution < 1.29 is 0 Å². The lowest BCUT2D eigenvalue weighted by Gasteiger charge is -2.04. The summed E-state index contributed by atoms with van der Waals surface area (Å²) in [6, 6.07) is 12.0. The number of rotatable bonds is 5. The molecule has 0 aliphatic rings. The summed E-state index contributed by atoms with van der Waals surface area (Å²) in [5, 5.41) is 16.4. The van der Waals surface area contributed by atoms with Gasteiger partial charge >= 0.3 is 0 Å². The Morgan fingerprint density at radius 2 is 1.94 bits per heavy atom. The van der Waals surface area contributed by atoms with Crippen molar-refractivity contribution >= 4 is 11.3 Å². The number of nitrogens with one attached hydrogen (secondary N) is 1. The van der Waals surface area contributed by atoms with E-state index in [1.54, 1.807) is 11.3 Å². The maximum atomic E-state index is 8.68. The van der Waals surface area contributed by atoms with Gasteiger partial charge in [-0.3, -0.25) is 0 Å². The predicted octanol–water partition coefficient (Wildman–Crippen LogP) is 2.95. The van der Waals surface area contributed by atoms with Crippen LogP contribution in [0.4, 0.5) is 0 Å². The molecule has 2 aromatic rings. The van der Waals surface area contributed by atoms with Gasteiger partial charge in [-0.1, -0.05) is 12.1 Å². The topological polar surface area (TPSA) is 35.8 Å². The summed E-state index contributed by atoms with van der Waals surface area (Å²) in [6.45, 7) is 1.84. The molecule has 86 valence electrons. The van der Waals surface area contributed by atoms with Gasteiger partial charge in [0.05, 0.1) is 11.6 Å². The highest BCUT2D eigenvalue weighted by molar-refractivity contribution is 7.07. The average Bonchev–Trinajstić information content (AvgIpc) is 2.88. The normalized spacial score (nSPS) is 10.1. The Labute approximate surface area is 106 Å². The summed E-state index contributed by atoms with van der Waals surface area (Å²) in [5.41, 5.74) is 3.32. The molecule has 2 rings (SSSR count). The smallest absolute Gasteiger partial charge is 0.0991 e. The van der Waals surface area contributed by atoms with E-state index in [4.69, 9.17) is 5.26 Å². The molecule has 0 amide bonds. The molecule has 0 bridgehead atoms. The van der Waals surface area contributed by atoms with E-state index in [1.165, 1.54) is 11.1 Å². The van der Waals surface area contributed by atoms with Crippen LogP contribution >= 0.6 is 11.3 Å². The van der Waals surface area contributed by atoms with Gasteiger partial charge in [0.2, 0.25) is 0 Å². The van der Waals surface area contributed by atoms with Gasteiger partial charge in [-0.05, 0) is 53.1 Å². The van der Waals surface area contributed by atoms with Gasteiger partial charge in [0.1, 0.15) is 0 Å². The minimum Gasteiger partial charge on any atom is -0.312 e. The molecule has 0 unspecified atom stereocenters. The van der Waals surface area contributed by atoms with Crippen LogP contribution in [0.2, 0.25) is 0 Å². The molecule has 17 heavy (non-hydrogen) atoms. The zero-order valence-corrected chi connectivity index (χ0v) is 10.3. The van der Waals surface area contributed by atoms with Crippen molar-refractivity contribution in [1.82, 2.24) is 5.32 Å². The van der Waals surface area contributed by atoms with E-state index in [9.17, 15) is 0 Å². The van der Waals surface area contributed by atoms with Crippen LogP contribution in [-0.2, 0) is 13.0 Å². The SMILES string of the molecule is N#Cc1ccc(CNCCc2ccsc2)cc1. The lowest BCUT2D eigenvalue weighted by Crippen LogP contribution is -2.16. The maximum Gasteiger partial charge on any atom is 0.0991 e. The molecule has 0 atom stereocenters. The van der Waals surface area contributed by atoms with E-state index < -0.39 is 0 Å². The van der Waals surface area contributed by atoms with E-state index in [0.717, 1.165) is 19.5 Å². The fraction of sp³-hybridized carbons (Fsp3) is 0.214. The lowest BCUT2D eigenvalue weighted by molar-refractivity contribution is 0.688. The van der Waals surface area contributed by atoms with Crippen molar-refractivity contribution in [2.75, 3.05) is 6.54 Å². The molecule has 0 radical (unpaired) electrons. The first kappa shape index (κ1) is 11.8. The standard InChI is InChI=1S/C14H14N2S/c15-9-12-1-3-13(4-2-12)10-16-7-5-14-6-8-17-11-14/h1-4,6,8,11,16H,5,7,10H2. The quantitative estimate of drug-likeness (QED) is 0.818. The Kier molecular flexibility index (Phi) is 4.31. The third kappa shape index (κ3) is 3.70. The number of thiophene rings is 1. The van der Waals surface area contributed by atoms with Crippen molar-refractivity contribution in [3.63, 3.8) is 0 Å². The number of benzene rings is 1. The third-order valence-corrected chi connectivity index (χ3v) is 3.31. The van der Waals surface area contributed by atoms with Gasteiger partial charge in [0.15, 0.2) is 0 Å². The molecule has 0 aliphatic carbocycles. The van der Waals surface area contributed by atoms with Crippen LogP contribution in [0.3, 0.4) is 0 Å². The van der Waals surface area contributed by atoms with E-state index in [1.807, 2.05) is 24.3 Å². The van der Waals surface area contributed by atoms with Crippen LogP contribution in [0, 0.1) is 11.3 Å². The monoisotopic (exact) mass is 242 g/mol. The maximum absolute atomic E-state index is 8.68. The van der Waals surface area contributed by atoms with E-state index in [-0.39, 0.29) is 0 Å². The molecule has 0 fully saturated rings. The first-order valence-corrected chi connectivity index (χ1v) is 6.53. The molecule has 1 aromatic heterocycles. The highest BCUT2D eigenvalue weighted by Crippen LogP contribution is 2.06. The molecule has 0 saturated carbocycles. The Bertz CT molecular complexity index is 480. The minimum absolute atomic E-state index is 0.715. The number of hydrogen-bond donors (Lipinski definition) is 1. The summed E-state index contributed by atoms with van der Waals surface area (Å²) in [6.07, 6.45) is 1.07. The van der Waals surface area contributed by atoms with Crippen LogP contribution in [0.25, 0.3) is 0 Å². The number of nitrogens with zero attached hydrogens (tertiary/aromatic N) is 1.